The lowest BCUT2D eigenvalue weighted by molar-refractivity contribution is -0.274. The largest absolute Gasteiger partial charge is 0.573 e. The molecule has 1 aromatic carbocycles. The van der Waals surface area contributed by atoms with Crippen molar-refractivity contribution in [2.24, 2.45) is 0 Å². The summed E-state index contributed by atoms with van der Waals surface area (Å²) in [6.45, 7) is 1.10. The second-order valence-electron chi connectivity index (χ2n) is 4.52. The summed E-state index contributed by atoms with van der Waals surface area (Å²) < 4.78 is 65.9. The van der Waals surface area contributed by atoms with E-state index in [9.17, 15) is 26.4 Å². The average molecular weight is 396 g/mol. The molecule has 0 aliphatic heterocycles. The van der Waals surface area contributed by atoms with E-state index in [4.69, 9.17) is 0 Å². The van der Waals surface area contributed by atoms with Gasteiger partial charge in [0.05, 0.1) is 11.4 Å². The minimum Gasteiger partial charge on any atom is -0.406 e. The molecule has 0 atom stereocenters. The van der Waals surface area contributed by atoms with Crippen molar-refractivity contribution in [3.63, 3.8) is 0 Å². The molecule has 0 radical (unpaired) electrons. The summed E-state index contributed by atoms with van der Waals surface area (Å²) >= 11 is 1.11. The van der Waals surface area contributed by atoms with Crippen molar-refractivity contribution in [3.8, 4) is 5.75 Å². The maximum atomic E-state index is 12.1. The molecule has 1 aromatic heterocycles. The van der Waals surface area contributed by atoms with Gasteiger partial charge in [-0.25, -0.2) is 13.1 Å². The summed E-state index contributed by atoms with van der Waals surface area (Å²) in [5.74, 6) is -1.23. The SMILES string of the molecule is Cc1nnc(NC(=O)CNS(=O)(=O)c2ccc(OC(F)(F)F)cc2)s1. The Kier molecular flexibility index (Phi) is 5.59. The number of carbonyl (C=O) groups is 1. The fourth-order valence-corrected chi connectivity index (χ4v) is 3.17. The van der Waals surface area contributed by atoms with E-state index in [2.05, 4.69) is 20.3 Å². The van der Waals surface area contributed by atoms with E-state index >= 15 is 0 Å². The first-order chi connectivity index (χ1) is 11.5. The van der Waals surface area contributed by atoms with Crippen LogP contribution in [0.1, 0.15) is 5.01 Å². The quantitative estimate of drug-likeness (QED) is 0.769. The number of rotatable bonds is 6. The van der Waals surface area contributed by atoms with Crippen molar-refractivity contribution in [1.29, 1.82) is 0 Å². The molecule has 0 fully saturated rings. The second kappa shape index (κ2) is 7.33. The fraction of sp³-hybridized carbons (Fsp3) is 0.250. The van der Waals surface area contributed by atoms with Crippen LogP contribution in [0.25, 0.3) is 0 Å². The monoisotopic (exact) mass is 396 g/mol. The summed E-state index contributed by atoms with van der Waals surface area (Å²) in [7, 11) is -4.08. The number of aryl methyl sites for hydroxylation is 1. The zero-order valence-corrected chi connectivity index (χ0v) is 14.1. The van der Waals surface area contributed by atoms with Gasteiger partial charge in [0, 0.05) is 0 Å². The van der Waals surface area contributed by atoms with Crippen LogP contribution in [0.5, 0.6) is 5.75 Å². The number of halogens is 3. The molecule has 0 aliphatic carbocycles. The van der Waals surface area contributed by atoms with Gasteiger partial charge in [0.15, 0.2) is 0 Å². The molecule has 0 saturated carbocycles. The Balaban J connectivity index is 1.95. The van der Waals surface area contributed by atoms with Gasteiger partial charge in [-0.05, 0) is 31.2 Å². The number of aromatic nitrogens is 2. The van der Waals surface area contributed by atoms with E-state index in [1.54, 1.807) is 6.92 Å². The van der Waals surface area contributed by atoms with Crippen LogP contribution in [-0.2, 0) is 14.8 Å². The molecule has 2 aromatic rings. The maximum absolute atomic E-state index is 12.1. The van der Waals surface area contributed by atoms with E-state index in [1.165, 1.54) is 0 Å². The normalized spacial score (nSPS) is 12.0. The van der Waals surface area contributed by atoms with Crippen LogP contribution in [0.3, 0.4) is 0 Å². The van der Waals surface area contributed by atoms with Gasteiger partial charge in [0.25, 0.3) is 0 Å². The second-order valence-corrected chi connectivity index (χ2v) is 7.47. The third-order valence-corrected chi connectivity index (χ3v) is 4.73. The molecule has 0 spiro atoms. The Morgan fingerprint density at radius 2 is 1.88 bits per heavy atom. The number of amides is 1. The lowest BCUT2D eigenvalue weighted by atomic mass is 10.3. The van der Waals surface area contributed by atoms with Gasteiger partial charge in [-0.3, -0.25) is 10.1 Å². The van der Waals surface area contributed by atoms with Crippen LogP contribution in [0, 0.1) is 6.92 Å². The predicted molar refractivity (Wildman–Crippen MR) is 81.6 cm³/mol. The van der Waals surface area contributed by atoms with E-state index in [1.807, 2.05) is 4.72 Å². The molecule has 0 saturated heterocycles. The van der Waals surface area contributed by atoms with Crippen LogP contribution in [-0.4, -0.2) is 37.4 Å². The first kappa shape index (κ1) is 19.1. The van der Waals surface area contributed by atoms with Gasteiger partial charge in [-0.1, -0.05) is 11.3 Å². The number of alkyl halides is 3. The van der Waals surface area contributed by atoms with Crippen molar-refractivity contribution < 1.29 is 31.1 Å². The summed E-state index contributed by atoms with van der Waals surface area (Å²) in [4.78, 5) is 11.3. The van der Waals surface area contributed by atoms with Crippen molar-refractivity contribution >= 4 is 32.4 Å². The fourth-order valence-electron chi connectivity index (χ4n) is 1.57. The number of anilines is 1. The van der Waals surface area contributed by atoms with Gasteiger partial charge in [-0.15, -0.1) is 23.4 Å². The molecular formula is C12H11F3N4O4S2. The Labute approximate surface area is 144 Å². The number of hydrogen-bond donors (Lipinski definition) is 2. The molecular weight excluding hydrogens is 385 g/mol. The number of nitrogens with one attached hydrogen (secondary N) is 2. The summed E-state index contributed by atoms with van der Waals surface area (Å²) in [6, 6.07) is 3.56. The van der Waals surface area contributed by atoms with E-state index in [-0.39, 0.29) is 10.0 Å². The maximum Gasteiger partial charge on any atom is 0.573 e. The molecule has 25 heavy (non-hydrogen) atoms. The minimum absolute atomic E-state index is 0.218. The number of benzene rings is 1. The molecule has 2 N–H and O–H groups in total. The Morgan fingerprint density at radius 3 is 2.40 bits per heavy atom. The standard InChI is InChI=1S/C12H11F3N4O4S2/c1-7-18-19-11(24-7)17-10(20)6-16-25(21,22)9-4-2-8(3-5-9)23-12(13,14)15/h2-5,16H,6H2,1H3,(H,17,19,20). The van der Waals surface area contributed by atoms with Gasteiger partial charge in [-0.2, -0.15) is 0 Å². The molecule has 2 rings (SSSR count). The molecule has 8 nitrogen and oxygen atoms in total. The smallest absolute Gasteiger partial charge is 0.406 e. The Hall–Kier alpha value is -2.25. The summed E-state index contributed by atoms with van der Waals surface area (Å²) in [5, 5.41) is 10.5. The highest BCUT2D eigenvalue weighted by atomic mass is 32.2. The van der Waals surface area contributed by atoms with Crippen LogP contribution < -0.4 is 14.8 Å². The summed E-state index contributed by atoms with van der Waals surface area (Å²) in [5.41, 5.74) is 0. The number of carbonyl (C=O) groups excluding carboxylic acids is 1. The molecule has 0 aliphatic rings. The zero-order valence-electron chi connectivity index (χ0n) is 12.5. The number of hydrogen-bond acceptors (Lipinski definition) is 7. The molecule has 136 valence electrons. The van der Waals surface area contributed by atoms with E-state index in [0.717, 1.165) is 35.6 Å². The first-order valence-corrected chi connectivity index (χ1v) is 8.80. The van der Waals surface area contributed by atoms with Crippen molar-refractivity contribution in [2.45, 2.75) is 18.2 Å². The van der Waals surface area contributed by atoms with Gasteiger partial charge < -0.3 is 4.74 Å². The third-order valence-electron chi connectivity index (χ3n) is 2.56. The van der Waals surface area contributed by atoms with Crippen LogP contribution >= 0.6 is 11.3 Å². The zero-order chi connectivity index (χ0) is 18.7. The molecule has 0 bridgehead atoms. The van der Waals surface area contributed by atoms with Crippen LogP contribution in [0.15, 0.2) is 29.2 Å². The third kappa shape index (κ3) is 5.95. The highest BCUT2D eigenvalue weighted by molar-refractivity contribution is 7.89. The number of sulfonamides is 1. The van der Waals surface area contributed by atoms with Crippen molar-refractivity contribution in [1.82, 2.24) is 14.9 Å². The highest BCUT2D eigenvalue weighted by Crippen LogP contribution is 2.23. The van der Waals surface area contributed by atoms with E-state index in [0.29, 0.717) is 5.01 Å². The van der Waals surface area contributed by atoms with Gasteiger partial charge >= 0.3 is 6.36 Å². The molecule has 13 heteroatoms. The molecule has 1 amide bonds. The van der Waals surface area contributed by atoms with Crippen LogP contribution in [0.2, 0.25) is 0 Å². The molecule has 0 unspecified atom stereocenters. The topological polar surface area (TPSA) is 110 Å². The van der Waals surface area contributed by atoms with Crippen molar-refractivity contribution in [3.05, 3.63) is 29.3 Å². The highest BCUT2D eigenvalue weighted by Gasteiger charge is 2.31. The first-order valence-electron chi connectivity index (χ1n) is 6.50. The lowest BCUT2D eigenvalue weighted by Gasteiger charge is -2.10. The van der Waals surface area contributed by atoms with Gasteiger partial charge in [0.1, 0.15) is 10.8 Å². The predicted octanol–water partition coefficient (Wildman–Crippen LogP) is 1.66. The van der Waals surface area contributed by atoms with Gasteiger partial charge in [0.2, 0.25) is 21.1 Å². The minimum atomic E-state index is -4.88. The van der Waals surface area contributed by atoms with E-state index < -0.39 is 34.6 Å². The Morgan fingerprint density at radius 1 is 1.24 bits per heavy atom. The summed E-state index contributed by atoms with van der Waals surface area (Å²) in [6.07, 6.45) is -4.88. The lowest BCUT2D eigenvalue weighted by Crippen LogP contribution is -2.32. The number of nitrogens with zero attached hydrogens (tertiary/aromatic N) is 2. The Bertz CT molecular complexity index is 850. The van der Waals surface area contributed by atoms with Crippen molar-refractivity contribution in [2.75, 3.05) is 11.9 Å². The number of ether oxygens (including phenoxy) is 1. The average Bonchev–Trinajstić information content (AvgIpc) is 2.89. The van der Waals surface area contributed by atoms with Crippen LogP contribution in [0.4, 0.5) is 18.3 Å². The molecule has 1 heterocycles.